The Balaban J connectivity index is 1.82. The fraction of sp³-hybridized carbons (Fsp3) is 0.217. The number of para-hydroxylation sites is 1. The average molecular weight is 430 g/mol. The molecule has 6 heteroatoms. The van der Waals surface area contributed by atoms with Gasteiger partial charge in [0.1, 0.15) is 0 Å². The molecule has 4 nitrogen and oxygen atoms in total. The summed E-state index contributed by atoms with van der Waals surface area (Å²) in [6, 6.07) is 26.6. The molecule has 0 fully saturated rings. The van der Waals surface area contributed by atoms with E-state index in [1.165, 1.54) is 0 Å². The van der Waals surface area contributed by atoms with Crippen molar-refractivity contribution in [3.8, 4) is 0 Å². The summed E-state index contributed by atoms with van der Waals surface area (Å²) in [7, 11) is -5.74. The Morgan fingerprint density at radius 3 is 1.97 bits per heavy atom. The van der Waals surface area contributed by atoms with Gasteiger partial charge in [-0.05, 0) is 49.3 Å². The molecule has 0 radical (unpaired) electrons. The molecule has 0 bridgehead atoms. The first-order valence-corrected chi connectivity index (χ1v) is 13.3. The number of aryl methyl sites for hydroxylation is 1. The number of hydrogen-bond acceptors (Lipinski definition) is 4. The molecule has 0 aromatic heterocycles. The maximum absolute atomic E-state index is 12.8. The van der Waals surface area contributed by atoms with Crippen LogP contribution in [0.2, 0.25) is 0 Å². The van der Waals surface area contributed by atoms with Crippen LogP contribution in [0.4, 0.5) is 5.69 Å². The van der Waals surface area contributed by atoms with Crippen molar-refractivity contribution in [1.29, 1.82) is 0 Å². The second kappa shape index (κ2) is 9.03. The van der Waals surface area contributed by atoms with E-state index in [4.69, 9.17) is 3.63 Å². The minimum Gasteiger partial charge on any atom is -0.377 e. The van der Waals surface area contributed by atoms with Crippen molar-refractivity contribution in [3.63, 3.8) is 0 Å². The molecule has 0 aliphatic carbocycles. The molecule has 154 valence electrons. The molecule has 1 unspecified atom stereocenters. The highest BCUT2D eigenvalue weighted by Crippen LogP contribution is 2.48. The van der Waals surface area contributed by atoms with E-state index >= 15 is 0 Å². The number of hydrogen-bond donors (Lipinski definition) is 1. The van der Waals surface area contributed by atoms with Gasteiger partial charge in [-0.15, -0.1) is 10.3 Å². The highest BCUT2D eigenvalue weighted by atomic mass is 32.3. The molecule has 3 rings (SSSR count). The van der Waals surface area contributed by atoms with Gasteiger partial charge in [0.25, 0.3) is 0 Å². The summed E-state index contributed by atoms with van der Waals surface area (Å²) in [4.78, 5) is 0.191. The van der Waals surface area contributed by atoms with Crippen LogP contribution >= 0.6 is 10.3 Å². The molecule has 0 saturated heterocycles. The van der Waals surface area contributed by atoms with Gasteiger partial charge >= 0.3 is 10.1 Å². The Labute approximate surface area is 175 Å². The third-order valence-corrected chi connectivity index (χ3v) is 8.64. The largest absolute Gasteiger partial charge is 0.377 e. The maximum atomic E-state index is 12.8. The first-order valence-electron chi connectivity index (χ1n) is 9.35. The molecule has 0 aliphatic heterocycles. The number of nitrogens with one attached hydrogen (secondary N) is 1. The molecule has 29 heavy (non-hydrogen) atoms. The summed E-state index contributed by atoms with van der Waals surface area (Å²) >= 11 is 0. The molecule has 1 N–H and O–H groups in total. The Morgan fingerprint density at radius 2 is 1.38 bits per heavy atom. The zero-order chi connectivity index (χ0) is 20.9. The summed E-state index contributed by atoms with van der Waals surface area (Å²) in [5.74, 6) is 0.553. The predicted octanol–water partition coefficient (Wildman–Crippen LogP) is 5.53. The molecule has 0 saturated carbocycles. The van der Waals surface area contributed by atoms with Crippen LogP contribution in [0.1, 0.15) is 17.2 Å². The van der Waals surface area contributed by atoms with Crippen LogP contribution in [-0.4, -0.2) is 26.7 Å². The van der Waals surface area contributed by atoms with Gasteiger partial charge in [-0.25, -0.2) is 3.63 Å². The third-order valence-electron chi connectivity index (χ3n) is 4.47. The van der Waals surface area contributed by atoms with Crippen LogP contribution in [0.3, 0.4) is 0 Å². The van der Waals surface area contributed by atoms with Gasteiger partial charge in [-0.2, -0.15) is 8.42 Å². The lowest BCUT2D eigenvalue weighted by molar-refractivity contribution is 0.510. The summed E-state index contributed by atoms with van der Waals surface area (Å²) in [5, 5.41) is 3.53. The Hall–Kier alpha value is -2.28. The lowest BCUT2D eigenvalue weighted by Crippen LogP contribution is -2.22. The van der Waals surface area contributed by atoms with Crippen LogP contribution < -0.4 is 5.32 Å². The van der Waals surface area contributed by atoms with E-state index in [0.717, 1.165) is 16.8 Å². The molecule has 0 spiro atoms. The van der Waals surface area contributed by atoms with E-state index in [2.05, 4.69) is 5.32 Å². The summed E-state index contributed by atoms with van der Waals surface area (Å²) in [6.45, 7) is 1.92. The quantitative estimate of drug-likeness (QED) is 0.511. The summed E-state index contributed by atoms with van der Waals surface area (Å²) < 4.78 is 31.4. The Bertz CT molecular complexity index is 1020. The van der Waals surface area contributed by atoms with Crippen LogP contribution in [0.5, 0.6) is 0 Å². The normalized spacial score (nSPS) is 13.6. The minimum atomic E-state index is -3.83. The zero-order valence-electron chi connectivity index (χ0n) is 16.9. The highest BCUT2D eigenvalue weighted by Gasteiger charge is 2.28. The van der Waals surface area contributed by atoms with Crippen LogP contribution in [-0.2, 0) is 13.7 Å². The summed E-state index contributed by atoms with van der Waals surface area (Å²) in [6.07, 6.45) is 3.78. The van der Waals surface area contributed by atoms with Gasteiger partial charge in [0.05, 0.1) is 10.9 Å². The fourth-order valence-corrected chi connectivity index (χ4v) is 7.08. The van der Waals surface area contributed by atoms with Crippen molar-refractivity contribution in [3.05, 3.63) is 96.1 Å². The number of anilines is 1. The standard InChI is InChI=1S/C23H27NO3S2/c1-19-14-16-22(17-15-19)29(25,26)27-28(2,3)18-23(20-10-6-4-7-11-20)24-21-12-8-5-9-13-21/h4-17,23-24H,18H2,1-3H3. The number of benzene rings is 3. The van der Waals surface area contributed by atoms with Crippen molar-refractivity contribution < 1.29 is 12.0 Å². The molecule has 0 aliphatic rings. The topological polar surface area (TPSA) is 55.4 Å². The van der Waals surface area contributed by atoms with E-state index < -0.39 is 20.4 Å². The first-order chi connectivity index (χ1) is 13.8. The van der Waals surface area contributed by atoms with Crippen LogP contribution in [0.25, 0.3) is 0 Å². The first kappa shape index (κ1) is 21.4. The van der Waals surface area contributed by atoms with Gasteiger partial charge in [0.15, 0.2) is 0 Å². The molecular formula is C23H27NO3S2. The van der Waals surface area contributed by atoms with Gasteiger partial charge in [0.2, 0.25) is 0 Å². The molecule has 0 heterocycles. The predicted molar refractivity (Wildman–Crippen MR) is 123 cm³/mol. The van der Waals surface area contributed by atoms with Crippen molar-refractivity contribution in [1.82, 2.24) is 0 Å². The molecule has 3 aromatic rings. The summed E-state index contributed by atoms with van der Waals surface area (Å²) in [5.41, 5.74) is 3.08. The molecule has 1 atom stereocenters. The van der Waals surface area contributed by atoms with Crippen molar-refractivity contribution in [2.45, 2.75) is 17.9 Å². The van der Waals surface area contributed by atoms with E-state index in [1.807, 2.05) is 80.1 Å². The van der Waals surface area contributed by atoms with E-state index in [9.17, 15) is 8.42 Å². The smallest absolute Gasteiger partial charge is 0.306 e. The van der Waals surface area contributed by atoms with Crippen molar-refractivity contribution in [2.24, 2.45) is 0 Å². The Morgan fingerprint density at radius 1 is 0.828 bits per heavy atom. The van der Waals surface area contributed by atoms with E-state index in [-0.39, 0.29) is 10.9 Å². The van der Waals surface area contributed by atoms with Crippen LogP contribution in [0, 0.1) is 6.92 Å². The highest BCUT2D eigenvalue weighted by molar-refractivity contribution is 8.32. The Kier molecular flexibility index (Phi) is 6.67. The van der Waals surface area contributed by atoms with Gasteiger partial charge in [-0.1, -0.05) is 66.2 Å². The molecular weight excluding hydrogens is 402 g/mol. The molecule has 0 amide bonds. The third kappa shape index (κ3) is 6.10. The second-order valence-corrected chi connectivity index (χ2v) is 12.5. The van der Waals surface area contributed by atoms with Gasteiger partial charge in [0, 0.05) is 11.4 Å². The molecule has 3 aromatic carbocycles. The van der Waals surface area contributed by atoms with Crippen molar-refractivity contribution in [2.75, 3.05) is 23.6 Å². The van der Waals surface area contributed by atoms with E-state index in [0.29, 0.717) is 5.75 Å². The maximum Gasteiger partial charge on any atom is 0.306 e. The number of rotatable bonds is 8. The van der Waals surface area contributed by atoms with Gasteiger partial charge in [-0.3, -0.25) is 0 Å². The second-order valence-electron chi connectivity index (χ2n) is 7.41. The van der Waals surface area contributed by atoms with Gasteiger partial charge < -0.3 is 5.32 Å². The SMILES string of the molecule is Cc1ccc(S(=O)(=O)OS(C)(C)CC(Nc2ccccc2)c2ccccc2)cc1. The zero-order valence-corrected chi connectivity index (χ0v) is 18.5. The van der Waals surface area contributed by atoms with E-state index in [1.54, 1.807) is 24.3 Å². The lowest BCUT2D eigenvalue weighted by Gasteiger charge is -2.34. The lowest BCUT2D eigenvalue weighted by atomic mass is 10.1. The van der Waals surface area contributed by atoms with Crippen LogP contribution in [0.15, 0.2) is 89.8 Å². The minimum absolute atomic E-state index is 0.0724. The van der Waals surface area contributed by atoms with Crippen molar-refractivity contribution >= 4 is 26.1 Å². The average Bonchev–Trinajstić information content (AvgIpc) is 2.68. The fourth-order valence-electron chi connectivity index (χ4n) is 3.06. The monoisotopic (exact) mass is 429 g/mol.